The molecule has 2 heterocycles. The molecule has 1 atom stereocenters. The van der Waals surface area contributed by atoms with E-state index in [1.807, 2.05) is 13.8 Å². The van der Waals surface area contributed by atoms with Crippen molar-refractivity contribution in [2.75, 3.05) is 19.7 Å². The van der Waals surface area contributed by atoms with E-state index in [2.05, 4.69) is 11.6 Å². The van der Waals surface area contributed by atoms with Crippen LogP contribution in [0.2, 0.25) is 0 Å². The Bertz CT molecular complexity index is 614. The lowest BCUT2D eigenvalue weighted by molar-refractivity contribution is -0.150. The summed E-state index contributed by atoms with van der Waals surface area (Å²) in [6.07, 6.45) is 3.56. The molecular formula is C17H22N2O4. The number of carboxylic acid groups (broad SMARTS) is 1. The van der Waals surface area contributed by atoms with E-state index in [9.17, 15) is 14.7 Å². The molecule has 1 aliphatic rings. The lowest BCUT2D eigenvalue weighted by Crippen LogP contribution is -2.40. The maximum absolute atomic E-state index is 12.7. The molecule has 6 nitrogen and oxygen atoms in total. The summed E-state index contributed by atoms with van der Waals surface area (Å²) >= 11 is 0. The third kappa shape index (κ3) is 3.21. The number of carboxylic acids is 1. The molecule has 124 valence electrons. The van der Waals surface area contributed by atoms with Crippen molar-refractivity contribution in [3.63, 3.8) is 0 Å². The van der Waals surface area contributed by atoms with Gasteiger partial charge in [-0.25, -0.2) is 4.98 Å². The molecule has 1 aromatic rings. The normalized spacial score (nSPS) is 20.6. The lowest BCUT2D eigenvalue weighted by atomic mass is 9.76. The van der Waals surface area contributed by atoms with E-state index >= 15 is 0 Å². The van der Waals surface area contributed by atoms with Crippen molar-refractivity contribution in [1.29, 1.82) is 0 Å². The van der Waals surface area contributed by atoms with Crippen molar-refractivity contribution in [3.8, 4) is 5.75 Å². The van der Waals surface area contributed by atoms with Crippen molar-refractivity contribution >= 4 is 11.9 Å². The van der Waals surface area contributed by atoms with Gasteiger partial charge in [0.15, 0.2) is 11.4 Å². The van der Waals surface area contributed by atoms with Gasteiger partial charge in [0.25, 0.3) is 5.91 Å². The Morgan fingerprint density at radius 3 is 2.87 bits per heavy atom. The average Bonchev–Trinajstić information content (AvgIpc) is 2.99. The zero-order chi connectivity index (χ0) is 17.0. The van der Waals surface area contributed by atoms with Gasteiger partial charge in [0.1, 0.15) is 6.61 Å². The van der Waals surface area contributed by atoms with Gasteiger partial charge in [-0.15, -0.1) is 0 Å². The minimum absolute atomic E-state index is 0.0574. The molecule has 6 heteroatoms. The van der Waals surface area contributed by atoms with Crippen LogP contribution in [0.1, 0.15) is 30.8 Å². The average molecular weight is 318 g/mol. The van der Waals surface area contributed by atoms with Crippen LogP contribution < -0.4 is 4.74 Å². The number of carbonyl (C=O) groups is 2. The Kier molecular flexibility index (Phi) is 5.03. The van der Waals surface area contributed by atoms with E-state index in [-0.39, 0.29) is 30.7 Å². The number of carbonyl (C=O) groups excluding carboxylic acids is 1. The number of aliphatic carboxylic acids is 1. The van der Waals surface area contributed by atoms with Crippen molar-refractivity contribution < 1.29 is 19.4 Å². The van der Waals surface area contributed by atoms with E-state index < -0.39 is 11.4 Å². The highest BCUT2D eigenvalue weighted by Gasteiger charge is 2.48. The molecule has 0 aliphatic carbocycles. The van der Waals surface area contributed by atoms with Crippen LogP contribution in [-0.2, 0) is 4.79 Å². The standard InChI is InChI=1S/C17H22N2O4/c1-4-10-23-13-6-5-8-18-14(13)15(20)19-9-7-17(11-19,12(2)3)16(21)22/h4-6,8,12H,1,7,9-11H2,2-3H3,(H,21,22). The maximum atomic E-state index is 12.7. The predicted molar refractivity (Wildman–Crippen MR) is 85.4 cm³/mol. The molecule has 1 N–H and O–H groups in total. The van der Waals surface area contributed by atoms with Gasteiger partial charge in [0.05, 0.1) is 5.41 Å². The van der Waals surface area contributed by atoms with E-state index in [0.29, 0.717) is 18.7 Å². The summed E-state index contributed by atoms with van der Waals surface area (Å²) in [7, 11) is 0. The van der Waals surface area contributed by atoms with Crippen LogP contribution in [0, 0.1) is 11.3 Å². The van der Waals surface area contributed by atoms with E-state index in [1.54, 1.807) is 23.1 Å². The zero-order valence-electron chi connectivity index (χ0n) is 13.5. The summed E-state index contributed by atoms with van der Waals surface area (Å²) in [5.41, 5.74) is -0.689. The molecule has 1 aromatic heterocycles. The largest absolute Gasteiger partial charge is 0.487 e. The Hall–Kier alpha value is -2.37. The van der Waals surface area contributed by atoms with Crippen LogP contribution in [0.5, 0.6) is 5.75 Å². The molecule has 23 heavy (non-hydrogen) atoms. The summed E-state index contributed by atoms with van der Waals surface area (Å²) in [6.45, 7) is 8.20. The second kappa shape index (κ2) is 6.81. The van der Waals surface area contributed by atoms with Crippen LogP contribution in [0.3, 0.4) is 0 Å². The molecule has 2 rings (SSSR count). The fourth-order valence-corrected chi connectivity index (χ4v) is 2.87. The van der Waals surface area contributed by atoms with Crippen LogP contribution >= 0.6 is 0 Å². The molecule has 1 amide bonds. The molecule has 1 unspecified atom stereocenters. The summed E-state index contributed by atoms with van der Waals surface area (Å²) in [5, 5.41) is 9.59. The van der Waals surface area contributed by atoms with Crippen LogP contribution in [0.25, 0.3) is 0 Å². The number of hydrogen-bond donors (Lipinski definition) is 1. The second-order valence-electron chi connectivity index (χ2n) is 6.04. The fourth-order valence-electron chi connectivity index (χ4n) is 2.87. The fraction of sp³-hybridized carbons (Fsp3) is 0.471. The zero-order valence-corrected chi connectivity index (χ0v) is 13.5. The van der Waals surface area contributed by atoms with Gasteiger partial charge in [-0.2, -0.15) is 0 Å². The number of amides is 1. The third-order valence-electron chi connectivity index (χ3n) is 4.45. The van der Waals surface area contributed by atoms with Crippen LogP contribution in [0.15, 0.2) is 31.0 Å². The molecular weight excluding hydrogens is 296 g/mol. The number of nitrogens with zero attached hydrogens (tertiary/aromatic N) is 2. The summed E-state index contributed by atoms with van der Waals surface area (Å²) < 4.78 is 5.47. The molecule has 1 aliphatic heterocycles. The Labute approximate surface area is 135 Å². The van der Waals surface area contributed by atoms with Gasteiger partial charge in [0, 0.05) is 19.3 Å². The van der Waals surface area contributed by atoms with Crippen molar-refractivity contribution in [1.82, 2.24) is 9.88 Å². The highest BCUT2D eigenvalue weighted by atomic mass is 16.5. The molecule has 0 saturated carbocycles. The van der Waals surface area contributed by atoms with Gasteiger partial charge < -0.3 is 14.7 Å². The molecule has 1 saturated heterocycles. The topological polar surface area (TPSA) is 79.7 Å². The van der Waals surface area contributed by atoms with Crippen LogP contribution in [-0.4, -0.2) is 46.6 Å². The molecule has 0 aromatic carbocycles. The van der Waals surface area contributed by atoms with E-state index in [0.717, 1.165) is 0 Å². The second-order valence-corrected chi connectivity index (χ2v) is 6.04. The molecule has 0 bridgehead atoms. The first kappa shape index (κ1) is 17.0. The summed E-state index contributed by atoms with van der Waals surface area (Å²) in [6, 6.07) is 3.36. The molecule has 0 spiro atoms. The Balaban J connectivity index is 2.23. The first-order valence-corrected chi connectivity index (χ1v) is 7.63. The number of pyridine rings is 1. The summed E-state index contributed by atoms with van der Waals surface area (Å²) in [4.78, 5) is 30.1. The summed E-state index contributed by atoms with van der Waals surface area (Å²) in [5.74, 6) is -0.826. The first-order chi connectivity index (χ1) is 10.9. The Morgan fingerprint density at radius 2 is 2.30 bits per heavy atom. The van der Waals surface area contributed by atoms with Gasteiger partial charge in [0.2, 0.25) is 0 Å². The number of rotatable bonds is 6. The molecule has 1 fully saturated rings. The molecule has 0 radical (unpaired) electrons. The number of ether oxygens (including phenoxy) is 1. The highest BCUT2D eigenvalue weighted by molar-refractivity contribution is 5.95. The Morgan fingerprint density at radius 1 is 1.57 bits per heavy atom. The van der Waals surface area contributed by atoms with Gasteiger partial charge >= 0.3 is 5.97 Å². The monoisotopic (exact) mass is 318 g/mol. The number of hydrogen-bond acceptors (Lipinski definition) is 4. The minimum Gasteiger partial charge on any atom is -0.487 e. The highest BCUT2D eigenvalue weighted by Crippen LogP contribution is 2.39. The predicted octanol–water partition coefficient (Wildman–Crippen LogP) is 2.22. The van der Waals surface area contributed by atoms with Gasteiger partial charge in [-0.1, -0.05) is 26.5 Å². The van der Waals surface area contributed by atoms with Gasteiger partial charge in [-0.3, -0.25) is 9.59 Å². The quantitative estimate of drug-likeness (QED) is 0.814. The minimum atomic E-state index is -0.896. The van der Waals surface area contributed by atoms with E-state index in [1.165, 1.54) is 6.20 Å². The van der Waals surface area contributed by atoms with Crippen LogP contribution in [0.4, 0.5) is 0 Å². The third-order valence-corrected chi connectivity index (χ3v) is 4.45. The van der Waals surface area contributed by atoms with Crippen molar-refractivity contribution in [2.45, 2.75) is 20.3 Å². The first-order valence-electron chi connectivity index (χ1n) is 7.63. The smallest absolute Gasteiger partial charge is 0.311 e. The van der Waals surface area contributed by atoms with Crippen molar-refractivity contribution in [2.24, 2.45) is 11.3 Å². The SMILES string of the molecule is C=CCOc1cccnc1C(=O)N1CCC(C(=O)O)(C(C)C)C1. The van der Waals surface area contributed by atoms with E-state index in [4.69, 9.17) is 4.74 Å². The number of aromatic nitrogens is 1. The maximum Gasteiger partial charge on any atom is 0.311 e. The number of likely N-dealkylation sites (tertiary alicyclic amines) is 1. The lowest BCUT2D eigenvalue weighted by Gasteiger charge is -2.28. The van der Waals surface area contributed by atoms with Gasteiger partial charge in [-0.05, 0) is 24.5 Å². The van der Waals surface area contributed by atoms with Crippen molar-refractivity contribution in [3.05, 3.63) is 36.7 Å².